The van der Waals surface area contributed by atoms with E-state index in [0.717, 1.165) is 15.3 Å². The second-order valence-electron chi connectivity index (χ2n) is 5.37. The lowest BCUT2D eigenvalue weighted by Gasteiger charge is -2.09. The van der Waals surface area contributed by atoms with Crippen LogP contribution >= 0.6 is 15.9 Å². The number of nitrogens with zero attached hydrogens (tertiary/aromatic N) is 2. The zero-order valence-corrected chi connectivity index (χ0v) is 15.3. The highest BCUT2D eigenvalue weighted by molar-refractivity contribution is 9.10. The number of halogens is 1. The molecule has 0 atom stereocenters. The molecule has 0 bridgehead atoms. The Bertz CT molecular complexity index is 1120. The van der Waals surface area contributed by atoms with Crippen LogP contribution in [-0.4, -0.2) is 26.8 Å². The summed E-state index contributed by atoms with van der Waals surface area (Å²) in [5, 5.41) is 14.1. The topological polar surface area (TPSA) is 117 Å². The number of aromatic amines is 1. The molecule has 0 spiro atoms. The van der Waals surface area contributed by atoms with Crippen LogP contribution in [-0.2, 0) is 0 Å². The summed E-state index contributed by atoms with van der Waals surface area (Å²) in [6.45, 7) is 0. The maximum atomic E-state index is 12.1. The zero-order valence-electron chi connectivity index (χ0n) is 13.7. The number of carbonyl (C=O) groups is 1. The summed E-state index contributed by atoms with van der Waals surface area (Å²) in [6.07, 6.45) is 0.976. The van der Waals surface area contributed by atoms with Gasteiger partial charge >= 0.3 is 5.69 Å². The van der Waals surface area contributed by atoms with E-state index >= 15 is 0 Å². The Kier molecular flexibility index (Phi) is 5.32. The lowest BCUT2D eigenvalue weighted by molar-refractivity contribution is 0.0955. The first-order valence-corrected chi connectivity index (χ1v) is 8.49. The fourth-order valence-electron chi connectivity index (χ4n) is 2.29. The molecule has 8 nitrogen and oxygen atoms in total. The maximum absolute atomic E-state index is 12.1. The molecule has 136 valence electrons. The van der Waals surface area contributed by atoms with Gasteiger partial charge in [0.25, 0.3) is 11.5 Å². The van der Waals surface area contributed by atoms with Gasteiger partial charge in [-0.25, -0.2) is 14.8 Å². The predicted octanol–water partition coefficient (Wildman–Crippen LogP) is 1.76. The van der Waals surface area contributed by atoms with Crippen molar-refractivity contribution in [2.24, 2.45) is 5.10 Å². The molecule has 0 aliphatic rings. The van der Waals surface area contributed by atoms with E-state index in [1.807, 2.05) is 0 Å². The molecule has 0 saturated carbocycles. The van der Waals surface area contributed by atoms with Crippen molar-refractivity contribution in [2.45, 2.75) is 0 Å². The number of hydrazone groups is 1. The van der Waals surface area contributed by atoms with Crippen LogP contribution < -0.4 is 16.7 Å². The summed E-state index contributed by atoms with van der Waals surface area (Å²) < 4.78 is 1.71. The van der Waals surface area contributed by atoms with Crippen molar-refractivity contribution in [3.05, 3.63) is 91.0 Å². The number of carbonyl (C=O) groups excluding carboxylic acids is 1. The van der Waals surface area contributed by atoms with E-state index < -0.39 is 23.0 Å². The van der Waals surface area contributed by atoms with Gasteiger partial charge in [0.1, 0.15) is 5.56 Å². The largest absolute Gasteiger partial charge is 0.493 e. The molecule has 3 aromatic rings. The third-order valence-electron chi connectivity index (χ3n) is 3.60. The Morgan fingerprint density at radius 2 is 1.78 bits per heavy atom. The molecule has 1 aromatic heterocycles. The first-order valence-electron chi connectivity index (χ1n) is 7.70. The van der Waals surface area contributed by atoms with E-state index in [4.69, 9.17) is 0 Å². The van der Waals surface area contributed by atoms with E-state index in [0.29, 0.717) is 11.3 Å². The van der Waals surface area contributed by atoms with E-state index in [2.05, 4.69) is 31.4 Å². The van der Waals surface area contributed by atoms with Crippen LogP contribution in [0, 0.1) is 0 Å². The second kappa shape index (κ2) is 7.83. The van der Waals surface area contributed by atoms with Gasteiger partial charge in [0.2, 0.25) is 5.88 Å². The van der Waals surface area contributed by atoms with Gasteiger partial charge in [-0.3, -0.25) is 14.6 Å². The van der Waals surface area contributed by atoms with Crippen molar-refractivity contribution in [1.82, 2.24) is 15.0 Å². The van der Waals surface area contributed by atoms with Crippen LogP contribution in [0.2, 0.25) is 0 Å². The van der Waals surface area contributed by atoms with Crippen molar-refractivity contribution in [2.75, 3.05) is 0 Å². The standard InChI is InChI=1S/C18H13BrN4O4/c19-12-6-8-13(9-7-12)23-17(26)14(16(25)21-18(23)27)10-20-22-15(24)11-4-2-1-3-5-11/h1-10,26H,(H,22,24)(H,21,25,27)/b20-10+. The number of benzene rings is 2. The van der Waals surface area contributed by atoms with Gasteiger partial charge in [0.05, 0.1) is 11.9 Å². The predicted molar refractivity (Wildman–Crippen MR) is 104 cm³/mol. The summed E-state index contributed by atoms with van der Waals surface area (Å²) >= 11 is 3.28. The summed E-state index contributed by atoms with van der Waals surface area (Å²) in [6, 6.07) is 14.9. The number of H-pyrrole nitrogens is 1. The molecule has 0 unspecified atom stereocenters. The fourth-order valence-corrected chi connectivity index (χ4v) is 2.56. The Hall–Kier alpha value is -3.46. The third-order valence-corrected chi connectivity index (χ3v) is 4.13. The van der Waals surface area contributed by atoms with Gasteiger partial charge in [-0.15, -0.1) is 0 Å². The van der Waals surface area contributed by atoms with E-state index in [1.54, 1.807) is 54.6 Å². The summed E-state index contributed by atoms with van der Waals surface area (Å²) in [7, 11) is 0. The average molecular weight is 429 g/mol. The summed E-state index contributed by atoms with van der Waals surface area (Å²) in [4.78, 5) is 38.1. The summed E-state index contributed by atoms with van der Waals surface area (Å²) in [5.41, 5.74) is 1.08. The lowest BCUT2D eigenvalue weighted by atomic mass is 10.2. The average Bonchev–Trinajstić information content (AvgIpc) is 2.66. The van der Waals surface area contributed by atoms with Crippen LogP contribution in [0.4, 0.5) is 0 Å². The van der Waals surface area contributed by atoms with Gasteiger partial charge in [-0.1, -0.05) is 34.1 Å². The normalized spacial score (nSPS) is 10.9. The van der Waals surface area contributed by atoms with Gasteiger partial charge in [-0.05, 0) is 36.4 Å². The van der Waals surface area contributed by atoms with Crippen molar-refractivity contribution in [3.63, 3.8) is 0 Å². The molecule has 0 aliphatic heterocycles. The van der Waals surface area contributed by atoms with E-state index in [9.17, 15) is 19.5 Å². The lowest BCUT2D eigenvalue weighted by Crippen LogP contribution is -2.31. The number of hydrogen-bond donors (Lipinski definition) is 3. The van der Waals surface area contributed by atoms with Crippen LogP contribution in [0.1, 0.15) is 15.9 Å². The maximum Gasteiger partial charge on any atom is 0.335 e. The van der Waals surface area contributed by atoms with Gasteiger partial charge < -0.3 is 5.11 Å². The van der Waals surface area contributed by atoms with Crippen molar-refractivity contribution in [1.29, 1.82) is 0 Å². The van der Waals surface area contributed by atoms with E-state index in [-0.39, 0.29) is 5.56 Å². The van der Waals surface area contributed by atoms with Crippen molar-refractivity contribution >= 4 is 28.1 Å². The molecule has 27 heavy (non-hydrogen) atoms. The SMILES string of the molecule is O=C(N/N=C/c1c(O)n(-c2ccc(Br)cc2)c(=O)[nH]c1=O)c1ccccc1. The highest BCUT2D eigenvalue weighted by Crippen LogP contribution is 2.17. The minimum atomic E-state index is -0.830. The molecule has 0 radical (unpaired) electrons. The van der Waals surface area contributed by atoms with Crippen LogP contribution in [0.15, 0.2) is 73.8 Å². The molecule has 3 N–H and O–H groups in total. The van der Waals surface area contributed by atoms with Crippen LogP contribution in [0.5, 0.6) is 5.88 Å². The van der Waals surface area contributed by atoms with E-state index in [1.165, 1.54) is 0 Å². The van der Waals surface area contributed by atoms with Crippen molar-refractivity contribution < 1.29 is 9.90 Å². The van der Waals surface area contributed by atoms with Gasteiger partial charge in [-0.2, -0.15) is 5.10 Å². The Morgan fingerprint density at radius 1 is 1.11 bits per heavy atom. The molecular formula is C18H13BrN4O4. The highest BCUT2D eigenvalue weighted by atomic mass is 79.9. The number of amides is 1. The number of aromatic hydroxyl groups is 1. The number of nitrogens with one attached hydrogen (secondary N) is 2. The molecule has 2 aromatic carbocycles. The molecule has 1 heterocycles. The zero-order chi connectivity index (χ0) is 19.4. The smallest absolute Gasteiger partial charge is 0.335 e. The second-order valence-corrected chi connectivity index (χ2v) is 6.29. The Labute approximate surface area is 160 Å². The summed E-state index contributed by atoms with van der Waals surface area (Å²) in [5.74, 6) is -1.08. The third kappa shape index (κ3) is 4.04. The quantitative estimate of drug-likeness (QED) is 0.433. The number of hydrogen-bond acceptors (Lipinski definition) is 5. The van der Waals surface area contributed by atoms with Gasteiger partial charge in [0.15, 0.2) is 0 Å². The minimum Gasteiger partial charge on any atom is -0.493 e. The minimum absolute atomic E-state index is 0.272. The first kappa shape index (κ1) is 18.3. The Morgan fingerprint density at radius 3 is 2.44 bits per heavy atom. The molecule has 0 aliphatic carbocycles. The Balaban J connectivity index is 1.93. The molecule has 0 saturated heterocycles. The van der Waals surface area contributed by atoms with Gasteiger partial charge in [0, 0.05) is 10.0 Å². The highest BCUT2D eigenvalue weighted by Gasteiger charge is 2.14. The number of aromatic nitrogens is 2. The van der Waals surface area contributed by atoms with Crippen LogP contribution in [0.25, 0.3) is 5.69 Å². The molecule has 0 fully saturated rings. The molecular weight excluding hydrogens is 416 g/mol. The molecule has 9 heteroatoms. The van der Waals surface area contributed by atoms with Crippen molar-refractivity contribution in [3.8, 4) is 11.6 Å². The monoisotopic (exact) mass is 428 g/mol. The van der Waals surface area contributed by atoms with Crippen LogP contribution in [0.3, 0.4) is 0 Å². The fraction of sp³-hybridized carbons (Fsp3) is 0. The molecule has 1 amide bonds. The molecule has 3 rings (SSSR count). The number of rotatable bonds is 4. The first-order chi connectivity index (χ1) is 13.0.